The summed E-state index contributed by atoms with van der Waals surface area (Å²) in [6.07, 6.45) is 0. The molecule has 1 N–H and O–H groups in total. The SMILES string of the molecule is Cc1ccc(C(=O)Nc2ccc(N(C)c3ccccc3)nn2)cc1. The molecule has 0 fully saturated rings. The highest BCUT2D eigenvalue weighted by molar-refractivity contribution is 6.03. The molecule has 1 amide bonds. The minimum Gasteiger partial charge on any atom is -0.328 e. The normalized spacial score (nSPS) is 10.2. The van der Waals surface area contributed by atoms with Crippen molar-refractivity contribution < 1.29 is 4.79 Å². The Morgan fingerprint density at radius 2 is 1.62 bits per heavy atom. The van der Waals surface area contributed by atoms with Crippen LogP contribution in [0.5, 0.6) is 0 Å². The minimum absolute atomic E-state index is 0.200. The van der Waals surface area contributed by atoms with E-state index in [1.807, 2.05) is 67.4 Å². The lowest BCUT2D eigenvalue weighted by molar-refractivity contribution is 0.102. The molecule has 1 aromatic heterocycles. The zero-order valence-electron chi connectivity index (χ0n) is 13.6. The lowest BCUT2D eigenvalue weighted by Crippen LogP contribution is -2.15. The summed E-state index contributed by atoms with van der Waals surface area (Å²) in [7, 11) is 1.92. The van der Waals surface area contributed by atoms with E-state index in [4.69, 9.17) is 0 Å². The quantitative estimate of drug-likeness (QED) is 0.795. The predicted octanol–water partition coefficient (Wildman–Crippen LogP) is 3.81. The number of aryl methyl sites for hydroxylation is 1. The second-order valence-electron chi connectivity index (χ2n) is 5.49. The number of carbonyl (C=O) groups excluding carboxylic acids is 1. The van der Waals surface area contributed by atoms with Crippen LogP contribution in [-0.2, 0) is 0 Å². The number of aromatic nitrogens is 2. The maximum atomic E-state index is 12.2. The Bertz CT molecular complexity index is 814. The second-order valence-corrected chi connectivity index (χ2v) is 5.49. The molecule has 0 bridgehead atoms. The highest BCUT2D eigenvalue weighted by Crippen LogP contribution is 2.21. The molecular weight excluding hydrogens is 300 g/mol. The van der Waals surface area contributed by atoms with Crippen LogP contribution in [0.15, 0.2) is 66.7 Å². The molecule has 0 radical (unpaired) electrons. The molecule has 0 aliphatic carbocycles. The number of anilines is 3. The number of rotatable bonds is 4. The number of nitrogens with one attached hydrogen (secondary N) is 1. The zero-order chi connectivity index (χ0) is 16.9. The van der Waals surface area contributed by atoms with Gasteiger partial charge in [0, 0.05) is 18.3 Å². The Hall–Kier alpha value is -3.21. The van der Waals surface area contributed by atoms with E-state index in [1.165, 1.54) is 0 Å². The summed E-state index contributed by atoms with van der Waals surface area (Å²) in [5.74, 6) is 0.925. The van der Waals surface area contributed by atoms with Crippen molar-refractivity contribution in [2.24, 2.45) is 0 Å². The largest absolute Gasteiger partial charge is 0.328 e. The van der Waals surface area contributed by atoms with Crippen LogP contribution in [0.25, 0.3) is 0 Å². The summed E-state index contributed by atoms with van der Waals surface area (Å²) in [5, 5.41) is 11.0. The number of nitrogens with zero attached hydrogens (tertiary/aromatic N) is 3. The summed E-state index contributed by atoms with van der Waals surface area (Å²) in [6.45, 7) is 1.98. The average Bonchev–Trinajstić information content (AvgIpc) is 2.63. The van der Waals surface area contributed by atoms with Gasteiger partial charge in [0.25, 0.3) is 5.91 Å². The first-order valence-electron chi connectivity index (χ1n) is 7.64. The van der Waals surface area contributed by atoms with Gasteiger partial charge in [-0.2, -0.15) is 0 Å². The van der Waals surface area contributed by atoms with Gasteiger partial charge in [-0.15, -0.1) is 10.2 Å². The van der Waals surface area contributed by atoms with Crippen LogP contribution in [0.2, 0.25) is 0 Å². The smallest absolute Gasteiger partial charge is 0.256 e. The van der Waals surface area contributed by atoms with Gasteiger partial charge in [0.05, 0.1) is 0 Å². The molecule has 0 aliphatic rings. The summed E-state index contributed by atoms with van der Waals surface area (Å²) < 4.78 is 0. The standard InChI is InChI=1S/C19H18N4O/c1-14-8-10-15(11-9-14)19(24)20-17-12-13-18(22-21-17)23(2)16-6-4-3-5-7-16/h3-13H,1-2H3,(H,20,21,24). The third kappa shape index (κ3) is 3.57. The molecule has 24 heavy (non-hydrogen) atoms. The Labute approximate surface area is 141 Å². The van der Waals surface area contributed by atoms with Crippen LogP contribution in [0.4, 0.5) is 17.3 Å². The van der Waals surface area contributed by atoms with Gasteiger partial charge in [-0.05, 0) is 43.3 Å². The van der Waals surface area contributed by atoms with Gasteiger partial charge in [-0.25, -0.2) is 0 Å². The number of para-hydroxylation sites is 1. The van der Waals surface area contributed by atoms with E-state index >= 15 is 0 Å². The molecule has 0 unspecified atom stereocenters. The number of hydrogen-bond donors (Lipinski definition) is 1. The van der Waals surface area contributed by atoms with Crippen molar-refractivity contribution in [3.05, 3.63) is 77.9 Å². The van der Waals surface area contributed by atoms with Gasteiger partial charge in [0.15, 0.2) is 11.6 Å². The fourth-order valence-corrected chi connectivity index (χ4v) is 2.25. The number of hydrogen-bond acceptors (Lipinski definition) is 4. The van der Waals surface area contributed by atoms with Gasteiger partial charge in [-0.1, -0.05) is 35.9 Å². The molecule has 0 atom stereocenters. The Balaban J connectivity index is 1.70. The van der Waals surface area contributed by atoms with Gasteiger partial charge in [-0.3, -0.25) is 4.79 Å². The molecule has 2 aromatic carbocycles. The topological polar surface area (TPSA) is 58.1 Å². The number of benzene rings is 2. The summed E-state index contributed by atoms with van der Waals surface area (Å²) in [5.41, 5.74) is 2.72. The van der Waals surface area contributed by atoms with E-state index in [-0.39, 0.29) is 5.91 Å². The fourth-order valence-electron chi connectivity index (χ4n) is 2.25. The van der Waals surface area contributed by atoms with E-state index in [0.29, 0.717) is 17.2 Å². The zero-order valence-corrected chi connectivity index (χ0v) is 13.6. The first-order valence-corrected chi connectivity index (χ1v) is 7.64. The molecule has 120 valence electrons. The summed E-state index contributed by atoms with van der Waals surface area (Å²) in [6, 6.07) is 20.8. The summed E-state index contributed by atoms with van der Waals surface area (Å²) >= 11 is 0. The molecule has 1 heterocycles. The molecule has 3 rings (SSSR count). The van der Waals surface area contributed by atoms with E-state index in [9.17, 15) is 4.79 Å². The molecule has 0 aliphatic heterocycles. The molecule has 5 heteroatoms. The van der Waals surface area contributed by atoms with Crippen molar-refractivity contribution in [3.8, 4) is 0 Å². The van der Waals surface area contributed by atoms with Gasteiger partial charge in [0.2, 0.25) is 0 Å². The second kappa shape index (κ2) is 6.91. The van der Waals surface area contributed by atoms with Gasteiger partial charge in [0.1, 0.15) is 0 Å². The molecule has 0 saturated carbocycles. The van der Waals surface area contributed by atoms with E-state index < -0.39 is 0 Å². The third-order valence-electron chi connectivity index (χ3n) is 3.69. The molecule has 0 spiro atoms. The van der Waals surface area contributed by atoms with Crippen molar-refractivity contribution in [3.63, 3.8) is 0 Å². The lowest BCUT2D eigenvalue weighted by atomic mass is 10.1. The van der Waals surface area contributed by atoms with Crippen LogP contribution in [0.3, 0.4) is 0 Å². The maximum Gasteiger partial charge on any atom is 0.256 e. The first-order chi connectivity index (χ1) is 11.6. The highest BCUT2D eigenvalue weighted by Gasteiger charge is 2.09. The lowest BCUT2D eigenvalue weighted by Gasteiger charge is -2.17. The molecule has 3 aromatic rings. The summed E-state index contributed by atoms with van der Waals surface area (Å²) in [4.78, 5) is 14.1. The van der Waals surface area contributed by atoms with Crippen molar-refractivity contribution >= 4 is 23.2 Å². The molecule has 0 saturated heterocycles. The first kappa shape index (κ1) is 15.7. The van der Waals surface area contributed by atoms with Gasteiger partial charge >= 0.3 is 0 Å². The van der Waals surface area contributed by atoms with Gasteiger partial charge < -0.3 is 10.2 Å². The average molecular weight is 318 g/mol. The maximum absolute atomic E-state index is 12.2. The van der Waals surface area contributed by atoms with Crippen LogP contribution >= 0.6 is 0 Å². The fraction of sp³-hybridized carbons (Fsp3) is 0.105. The van der Waals surface area contributed by atoms with Crippen molar-refractivity contribution in [1.82, 2.24) is 10.2 Å². The van der Waals surface area contributed by atoms with Crippen LogP contribution in [0, 0.1) is 6.92 Å². The molecular formula is C19H18N4O. The minimum atomic E-state index is -0.200. The number of amides is 1. The van der Waals surface area contributed by atoms with Crippen molar-refractivity contribution in [2.45, 2.75) is 6.92 Å². The highest BCUT2D eigenvalue weighted by atomic mass is 16.1. The Morgan fingerprint density at radius 1 is 0.917 bits per heavy atom. The Kier molecular flexibility index (Phi) is 4.52. The van der Waals surface area contributed by atoms with Crippen molar-refractivity contribution in [1.29, 1.82) is 0 Å². The van der Waals surface area contributed by atoms with Crippen molar-refractivity contribution in [2.75, 3.05) is 17.3 Å². The van der Waals surface area contributed by atoms with Crippen LogP contribution in [-0.4, -0.2) is 23.2 Å². The third-order valence-corrected chi connectivity index (χ3v) is 3.69. The monoisotopic (exact) mass is 318 g/mol. The van der Waals surface area contributed by atoms with E-state index in [0.717, 1.165) is 11.3 Å². The number of carbonyl (C=O) groups is 1. The Morgan fingerprint density at radius 3 is 2.25 bits per heavy atom. The molecule has 5 nitrogen and oxygen atoms in total. The van der Waals surface area contributed by atoms with E-state index in [1.54, 1.807) is 18.2 Å². The van der Waals surface area contributed by atoms with E-state index in [2.05, 4.69) is 15.5 Å². The van der Waals surface area contributed by atoms with Crippen LogP contribution < -0.4 is 10.2 Å². The predicted molar refractivity (Wildman–Crippen MR) is 95.7 cm³/mol. The van der Waals surface area contributed by atoms with Crippen LogP contribution in [0.1, 0.15) is 15.9 Å².